The van der Waals surface area contributed by atoms with Crippen LogP contribution in [0.4, 0.5) is 4.79 Å². The van der Waals surface area contributed by atoms with E-state index in [0.717, 1.165) is 0 Å². The number of rotatable bonds is 8. The molecule has 0 aromatic rings. The van der Waals surface area contributed by atoms with Crippen molar-refractivity contribution in [2.75, 3.05) is 32.3 Å². The number of carboxylic acid groups (broad SMARTS) is 1. The van der Waals surface area contributed by atoms with E-state index in [9.17, 15) is 9.59 Å². The Balaban J connectivity index is 3.88. The van der Waals surface area contributed by atoms with E-state index in [1.165, 1.54) is 7.11 Å². The molecular weight excluding hydrogens is 232 g/mol. The lowest BCUT2D eigenvalue weighted by Crippen LogP contribution is -2.46. The molecule has 0 rings (SSSR count). The van der Waals surface area contributed by atoms with Crippen molar-refractivity contribution in [1.29, 1.82) is 0 Å². The summed E-state index contributed by atoms with van der Waals surface area (Å²) in [7, 11) is 1.53. The van der Waals surface area contributed by atoms with Crippen molar-refractivity contribution in [2.45, 2.75) is 12.5 Å². The van der Waals surface area contributed by atoms with Crippen LogP contribution in [0.25, 0.3) is 0 Å². The Kier molecular flexibility index (Phi) is 8.74. The molecule has 0 bridgehead atoms. The zero-order valence-corrected chi connectivity index (χ0v) is 10.3. The summed E-state index contributed by atoms with van der Waals surface area (Å²) in [6, 6.07) is -1.32. The number of urea groups is 1. The summed E-state index contributed by atoms with van der Waals surface area (Å²) < 4.78 is 4.75. The minimum atomic E-state index is -1.02. The van der Waals surface area contributed by atoms with E-state index in [1.807, 2.05) is 6.26 Å². The fourth-order valence-electron chi connectivity index (χ4n) is 0.969. The summed E-state index contributed by atoms with van der Waals surface area (Å²) in [4.78, 5) is 22.0. The number of carboxylic acids is 1. The van der Waals surface area contributed by atoms with E-state index < -0.39 is 18.0 Å². The minimum absolute atomic E-state index is 0.358. The predicted octanol–water partition coefficient (Wildman–Crippen LogP) is 0.138. The maximum Gasteiger partial charge on any atom is 0.326 e. The van der Waals surface area contributed by atoms with Gasteiger partial charge in [0.15, 0.2) is 0 Å². The zero-order chi connectivity index (χ0) is 12.4. The largest absolute Gasteiger partial charge is 0.480 e. The third kappa shape index (κ3) is 7.36. The Labute approximate surface area is 99.1 Å². The highest BCUT2D eigenvalue weighted by molar-refractivity contribution is 7.98. The maximum absolute atomic E-state index is 11.2. The first-order valence-electron chi connectivity index (χ1n) is 4.86. The molecule has 1 atom stereocenters. The number of ether oxygens (including phenoxy) is 1. The van der Waals surface area contributed by atoms with Gasteiger partial charge >= 0.3 is 12.0 Å². The molecule has 0 aliphatic rings. The van der Waals surface area contributed by atoms with Crippen molar-refractivity contribution in [3.05, 3.63) is 0 Å². The first kappa shape index (κ1) is 15.0. The molecule has 0 saturated carbocycles. The van der Waals surface area contributed by atoms with Gasteiger partial charge in [-0.25, -0.2) is 9.59 Å². The van der Waals surface area contributed by atoms with Gasteiger partial charge in [0.25, 0.3) is 0 Å². The summed E-state index contributed by atoms with van der Waals surface area (Å²) in [6.45, 7) is 0.757. The number of amides is 2. The summed E-state index contributed by atoms with van der Waals surface area (Å²) in [6.07, 6.45) is 2.30. The van der Waals surface area contributed by atoms with Crippen molar-refractivity contribution in [2.24, 2.45) is 0 Å². The van der Waals surface area contributed by atoms with Crippen molar-refractivity contribution < 1.29 is 19.4 Å². The number of thioether (sulfide) groups is 1. The minimum Gasteiger partial charge on any atom is -0.480 e. The molecule has 0 fully saturated rings. The summed E-state index contributed by atoms with van der Waals surface area (Å²) in [5.74, 6) is -0.328. The molecule has 0 aliphatic heterocycles. The van der Waals surface area contributed by atoms with E-state index in [1.54, 1.807) is 11.8 Å². The standard InChI is InChI=1S/C9H18N2O4S/c1-15-5-4-10-9(14)11-7(8(12)13)3-6-16-2/h7H,3-6H2,1-2H3,(H,12,13)(H2,10,11,14)/t7-/m0/s1. The second-order valence-electron chi connectivity index (χ2n) is 3.07. The highest BCUT2D eigenvalue weighted by Gasteiger charge is 2.18. The van der Waals surface area contributed by atoms with Gasteiger partial charge in [0, 0.05) is 13.7 Å². The lowest BCUT2D eigenvalue weighted by molar-refractivity contribution is -0.139. The Morgan fingerprint density at radius 2 is 2.19 bits per heavy atom. The highest BCUT2D eigenvalue weighted by atomic mass is 32.2. The first-order chi connectivity index (χ1) is 7.61. The Morgan fingerprint density at radius 3 is 2.69 bits per heavy atom. The number of aliphatic carboxylic acids is 1. The average molecular weight is 250 g/mol. The molecule has 0 saturated heterocycles. The topological polar surface area (TPSA) is 87.7 Å². The lowest BCUT2D eigenvalue weighted by Gasteiger charge is -2.14. The molecule has 2 amide bonds. The molecule has 3 N–H and O–H groups in total. The van der Waals surface area contributed by atoms with Gasteiger partial charge in [0.05, 0.1) is 6.61 Å². The van der Waals surface area contributed by atoms with Crippen LogP contribution in [0.15, 0.2) is 0 Å². The van der Waals surface area contributed by atoms with Gasteiger partial charge in [-0.3, -0.25) is 0 Å². The Morgan fingerprint density at radius 1 is 1.50 bits per heavy atom. The normalized spacial score (nSPS) is 11.9. The first-order valence-corrected chi connectivity index (χ1v) is 6.26. The second-order valence-corrected chi connectivity index (χ2v) is 4.05. The van der Waals surface area contributed by atoms with Crippen LogP contribution in [0.1, 0.15) is 6.42 Å². The monoisotopic (exact) mass is 250 g/mol. The molecule has 0 aromatic carbocycles. The lowest BCUT2D eigenvalue weighted by atomic mass is 10.2. The van der Waals surface area contributed by atoms with Crippen LogP contribution in [0, 0.1) is 0 Å². The molecule has 94 valence electrons. The van der Waals surface area contributed by atoms with Gasteiger partial charge in [-0.15, -0.1) is 0 Å². The van der Waals surface area contributed by atoms with Crippen LogP contribution in [0.2, 0.25) is 0 Å². The Hall–Kier alpha value is -0.950. The van der Waals surface area contributed by atoms with Gasteiger partial charge in [-0.05, 0) is 18.4 Å². The Bertz CT molecular complexity index is 226. The van der Waals surface area contributed by atoms with Gasteiger partial charge in [-0.2, -0.15) is 11.8 Å². The molecule has 0 radical (unpaired) electrons. The molecule has 6 nitrogen and oxygen atoms in total. The average Bonchev–Trinajstić information content (AvgIpc) is 2.24. The number of hydrogen-bond acceptors (Lipinski definition) is 4. The van der Waals surface area contributed by atoms with Crippen LogP contribution in [-0.4, -0.2) is 55.4 Å². The third-order valence-corrected chi connectivity index (χ3v) is 2.45. The zero-order valence-electron chi connectivity index (χ0n) is 9.49. The number of nitrogens with one attached hydrogen (secondary N) is 2. The van der Waals surface area contributed by atoms with Crippen molar-refractivity contribution in [3.8, 4) is 0 Å². The van der Waals surface area contributed by atoms with E-state index in [0.29, 0.717) is 25.3 Å². The van der Waals surface area contributed by atoms with E-state index >= 15 is 0 Å². The molecule has 0 aliphatic carbocycles. The number of hydrogen-bond donors (Lipinski definition) is 3. The molecule has 7 heteroatoms. The van der Waals surface area contributed by atoms with E-state index in [4.69, 9.17) is 9.84 Å². The molecule has 0 spiro atoms. The summed E-state index contributed by atoms with van der Waals surface area (Å²) in [5, 5.41) is 13.7. The number of methoxy groups -OCH3 is 1. The van der Waals surface area contributed by atoms with Gasteiger partial charge in [0.1, 0.15) is 6.04 Å². The predicted molar refractivity (Wildman–Crippen MR) is 62.8 cm³/mol. The highest BCUT2D eigenvalue weighted by Crippen LogP contribution is 2.00. The van der Waals surface area contributed by atoms with Crippen LogP contribution in [0.3, 0.4) is 0 Å². The van der Waals surface area contributed by atoms with Crippen LogP contribution in [0.5, 0.6) is 0 Å². The summed E-state index contributed by atoms with van der Waals surface area (Å²) in [5.41, 5.74) is 0. The molecule has 0 unspecified atom stereocenters. The van der Waals surface area contributed by atoms with Crippen molar-refractivity contribution in [1.82, 2.24) is 10.6 Å². The van der Waals surface area contributed by atoms with Gasteiger partial charge in [-0.1, -0.05) is 0 Å². The fourth-order valence-corrected chi connectivity index (χ4v) is 1.44. The number of carbonyl (C=O) groups is 2. The van der Waals surface area contributed by atoms with Crippen molar-refractivity contribution in [3.63, 3.8) is 0 Å². The quantitative estimate of drug-likeness (QED) is 0.533. The third-order valence-electron chi connectivity index (χ3n) is 1.81. The van der Waals surface area contributed by atoms with Gasteiger partial charge in [0.2, 0.25) is 0 Å². The van der Waals surface area contributed by atoms with E-state index in [2.05, 4.69) is 10.6 Å². The van der Waals surface area contributed by atoms with Crippen LogP contribution >= 0.6 is 11.8 Å². The van der Waals surface area contributed by atoms with Crippen molar-refractivity contribution >= 4 is 23.8 Å². The maximum atomic E-state index is 11.2. The molecule has 0 heterocycles. The van der Waals surface area contributed by atoms with E-state index in [-0.39, 0.29) is 0 Å². The second kappa shape index (κ2) is 9.29. The molecule has 16 heavy (non-hydrogen) atoms. The number of carbonyl (C=O) groups excluding carboxylic acids is 1. The molecular formula is C9H18N2O4S. The summed E-state index contributed by atoms with van der Waals surface area (Å²) >= 11 is 1.54. The SMILES string of the molecule is COCCNC(=O)N[C@@H](CCSC)C(=O)O. The fraction of sp³-hybridized carbons (Fsp3) is 0.778. The smallest absolute Gasteiger partial charge is 0.326 e. The van der Waals surface area contributed by atoms with Crippen LogP contribution < -0.4 is 10.6 Å². The van der Waals surface area contributed by atoms with Gasteiger partial charge < -0.3 is 20.5 Å². The van der Waals surface area contributed by atoms with Crippen LogP contribution in [-0.2, 0) is 9.53 Å². The molecule has 0 aromatic heterocycles.